The Balaban J connectivity index is 1.37. The molecule has 0 bridgehead atoms. The zero-order valence-corrected chi connectivity index (χ0v) is 17.6. The van der Waals surface area contributed by atoms with Gasteiger partial charge < -0.3 is 14.8 Å². The first kappa shape index (κ1) is 20.4. The normalized spacial score (nSPS) is 24.9. The van der Waals surface area contributed by atoms with E-state index in [1.54, 1.807) is 19.2 Å². The first-order chi connectivity index (χ1) is 14.0. The van der Waals surface area contributed by atoms with Gasteiger partial charge in [-0.25, -0.2) is 9.37 Å². The van der Waals surface area contributed by atoms with Crippen molar-refractivity contribution in [3.63, 3.8) is 0 Å². The van der Waals surface area contributed by atoms with E-state index < -0.39 is 0 Å². The molecular weight excluding hydrogens is 393 g/mol. The van der Waals surface area contributed by atoms with Crippen LogP contribution in [0.5, 0.6) is 0 Å². The molecule has 4 rings (SSSR count). The summed E-state index contributed by atoms with van der Waals surface area (Å²) in [5, 5.41) is 3.46. The van der Waals surface area contributed by atoms with Crippen molar-refractivity contribution in [2.24, 2.45) is 0 Å². The molecular formula is C21H26FN3O3S. The molecule has 1 amide bonds. The van der Waals surface area contributed by atoms with Crippen LogP contribution in [-0.4, -0.2) is 60.8 Å². The molecule has 0 unspecified atom stereocenters. The number of carbonyl (C=O) groups is 1. The minimum atomic E-state index is -0.282. The molecule has 2 aromatic rings. The number of likely N-dealkylation sites (tertiary alicyclic amines) is 1. The third kappa shape index (κ3) is 4.35. The van der Waals surface area contributed by atoms with E-state index in [0.717, 1.165) is 48.5 Å². The van der Waals surface area contributed by atoms with Gasteiger partial charge in [0.15, 0.2) is 5.13 Å². The van der Waals surface area contributed by atoms with E-state index in [0.29, 0.717) is 18.2 Å². The van der Waals surface area contributed by atoms with Crippen LogP contribution in [0.1, 0.15) is 24.1 Å². The fraction of sp³-hybridized carbons (Fsp3) is 0.524. The summed E-state index contributed by atoms with van der Waals surface area (Å²) in [5.74, 6) is -0.376. The van der Waals surface area contributed by atoms with Crippen LogP contribution in [0.2, 0.25) is 0 Å². The molecule has 156 valence electrons. The predicted octanol–water partition coefficient (Wildman–Crippen LogP) is 3.47. The van der Waals surface area contributed by atoms with Crippen LogP contribution >= 0.6 is 11.3 Å². The molecule has 29 heavy (non-hydrogen) atoms. The lowest BCUT2D eigenvalue weighted by Crippen LogP contribution is -2.57. The second kappa shape index (κ2) is 8.47. The summed E-state index contributed by atoms with van der Waals surface area (Å²) in [4.78, 5) is 20.2. The van der Waals surface area contributed by atoms with Crippen LogP contribution in [0, 0.1) is 12.7 Å². The molecule has 2 aliphatic rings. The summed E-state index contributed by atoms with van der Waals surface area (Å²) in [5.41, 5.74) is 1.42. The molecule has 2 saturated heterocycles. The number of anilines is 1. The van der Waals surface area contributed by atoms with Gasteiger partial charge in [0.05, 0.1) is 23.9 Å². The molecule has 1 N–H and O–H groups in total. The standard InChI is InChI=1S/C21H26FN3O3S/c1-14-19(15-4-6-16(22)7-5-15)24-20(29-14)23-18(26)13-25-10-9-21(8-3-11-28-21)17(12-25)27-2/h4-7,17H,3,8-13H2,1-2H3,(H,23,24,26)/t17-,21+/m1/s1. The Kier molecular flexibility index (Phi) is 5.96. The van der Waals surface area contributed by atoms with E-state index in [1.165, 1.54) is 23.5 Å². The fourth-order valence-corrected chi connectivity index (χ4v) is 5.14. The van der Waals surface area contributed by atoms with Gasteiger partial charge in [-0.1, -0.05) is 0 Å². The smallest absolute Gasteiger partial charge is 0.240 e. The topological polar surface area (TPSA) is 63.7 Å². The minimum Gasteiger partial charge on any atom is -0.377 e. The van der Waals surface area contributed by atoms with Crippen molar-refractivity contribution in [3.8, 4) is 11.3 Å². The molecule has 2 atom stereocenters. The molecule has 6 nitrogen and oxygen atoms in total. The number of halogens is 1. The summed E-state index contributed by atoms with van der Waals surface area (Å²) < 4.78 is 24.9. The second-order valence-electron chi connectivity index (χ2n) is 7.71. The lowest BCUT2D eigenvalue weighted by atomic mass is 9.86. The average molecular weight is 420 g/mol. The fourth-order valence-electron chi connectivity index (χ4n) is 4.29. The highest BCUT2D eigenvalue weighted by molar-refractivity contribution is 7.16. The van der Waals surface area contributed by atoms with Gasteiger partial charge in [-0.2, -0.15) is 0 Å². The number of rotatable bonds is 5. The van der Waals surface area contributed by atoms with Crippen molar-refractivity contribution in [1.29, 1.82) is 0 Å². The highest BCUT2D eigenvalue weighted by atomic mass is 32.1. The quantitative estimate of drug-likeness (QED) is 0.804. The van der Waals surface area contributed by atoms with E-state index in [4.69, 9.17) is 9.47 Å². The molecule has 0 aliphatic carbocycles. The number of methoxy groups -OCH3 is 1. The van der Waals surface area contributed by atoms with Gasteiger partial charge in [0, 0.05) is 37.2 Å². The third-order valence-corrected chi connectivity index (χ3v) is 6.69. The first-order valence-corrected chi connectivity index (χ1v) is 10.7. The number of aryl methyl sites for hydroxylation is 1. The zero-order valence-electron chi connectivity index (χ0n) is 16.7. The van der Waals surface area contributed by atoms with Gasteiger partial charge in [0.1, 0.15) is 5.82 Å². The van der Waals surface area contributed by atoms with Crippen LogP contribution in [0.4, 0.5) is 9.52 Å². The molecule has 8 heteroatoms. The van der Waals surface area contributed by atoms with Crippen LogP contribution in [0.25, 0.3) is 11.3 Å². The zero-order chi connectivity index (χ0) is 20.4. The summed E-state index contributed by atoms with van der Waals surface area (Å²) in [6.07, 6.45) is 2.96. The Bertz CT molecular complexity index is 865. The summed E-state index contributed by atoms with van der Waals surface area (Å²) >= 11 is 1.42. The first-order valence-electron chi connectivity index (χ1n) is 9.91. The van der Waals surface area contributed by atoms with Crippen molar-refractivity contribution < 1.29 is 18.7 Å². The number of aromatic nitrogens is 1. The number of hydrogen-bond acceptors (Lipinski definition) is 6. The van der Waals surface area contributed by atoms with Gasteiger partial charge >= 0.3 is 0 Å². The number of amides is 1. The molecule has 0 radical (unpaired) electrons. The van der Waals surface area contributed by atoms with Crippen molar-refractivity contribution in [1.82, 2.24) is 9.88 Å². The number of piperidine rings is 1. The molecule has 1 aromatic carbocycles. The minimum absolute atomic E-state index is 0.0151. The maximum absolute atomic E-state index is 13.2. The maximum Gasteiger partial charge on any atom is 0.240 e. The predicted molar refractivity (Wildman–Crippen MR) is 111 cm³/mol. The number of nitrogens with one attached hydrogen (secondary N) is 1. The van der Waals surface area contributed by atoms with E-state index in [-0.39, 0.29) is 23.4 Å². The van der Waals surface area contributed by atoms with Crippen molar-refractivity contribution in [3.05, 3.63) is 35.0 Å². The Morgan fingerprint density at radius 3 is 2.90 bits per heavy atom. The monoisotopic (exact) mass is 419 g/mol. The Morgan fingerprint density at radius 2 is 2.21 bits per heavy atom. The Hall–Kier alpha value is -1.87. The lowest BCUT2D eigenvalue weighted by molar-refractivity contribution is -0.145. The van der Waals surface area contributed by atoms with Gasteiger partial charge in [-0.15, -0.1) is 11.3 Å². The summed E-state index contributed by atoms with van der Waals surface area (Å²) in [7, 11) is 1.72. The van der Waals surface area contributed by atoms with E-state index in [9.17, 15) is 9.18 Å². The van der Waals surface area contributed by atoms with Crippen LogP contribution < -0.4 is 5.32 Å². The number of nitrogens with zero attached hydrogens (tertiary/aromatic N) is 2. The van der Waals surface area contributed by atoms with Crippen LogP contribution in [-0.2, 0) is 14.3 Å². The van der Waals surface area contributed by atoms with Gasteiger partial charge in [-0.05, 0) is 50.5 Å². The van der Waals surface area contributed by atoms with Crippen molar-refractivity contribution in [2.45, 2.75) is 37.9 Å². The maximum atomic E-state index is 13.2. The highest BCUT2D eigenvalue weighted by Crippen LogP contribution is 2.37. The number of carbonyl (C=O) groups excluding carboxylic acids is 1. The Morgan fingerprint density at radius 1 is 1.41 bits per heavy atom. The largest absolute Gasteiger partial charge is 0.377 e. The summed E-state index contributed by atoms with van der Waals surface area (Å²) in [6, 6.07) is 6.22. The van der Waals surface area contributed by atoms with Crippen LogP contribution in [0.3, 0.4) is 0 Å². The average Bonchev–Trinajstić information content (AvgIpc) is 3.31. The van der Waals surface area contributed by atoms with Gasteiger partial charge in [0.2, 0.25) is 5.91 Å². The molecule has 1 aromatic heterocycles. The van der Waals surface area contributed by atoms with E-state index in [1.807, 2.05) is 6.92 Å². The van der Waals surface area contributed by atoms with Gasteiger partial charge in [0.25, 0.3) is 0 Å². The van der Waals surface area contributed by atoms with Crippen molar-refractivity contribution >= 4 is 22.4 Å². The molecule has 1 spiro atoms. The molecule has 2 fully saturated rings. The third-order valence-electron chi connectivity index (χ3n) is 5.81. The number of hydrogen-bond donors (Lipinski definition) is 1. The lowest BCUT2D eigenvalue weighted by Gasteiger charge is -2.44. The SMILES string of the molecule is CO[C@@H]1CN(CC(=O)Nc2nc(-c3ccc(F)cc3)c(C)s2)CC[C@@]12CCCO2. The number of ether oxygens (including phenoxy) is 2. The van der Waals surface area contributed by atoms with E-state index >= 15 is 0 Å². The molecule has 0 saturated carbocycles. The number of benzene rings is 1. The Labute approximate surface area is 174 Å². The molecule has 3 heterocycles. The van der Waals surface area contributed by atoms with Crippen molar-refractivity contribution in [2.75, 3.05) is 38.7 Å². The summed E-state index contributed by atoms with van der Waals surface area (Å²) in [6.45, 7) is 4.52. The molecule has 2 aliphatic heterocycles. The van der Waals surface area contributed by atoms with E-state index in [2.05, 4.69) is 15.2 Å². The van der Waals surface area contributed by atoms with Crippen LogP contribution in [0.15, 0.2) is 24.3 Å². The second-order valence-corrected chi connectivity index (χ2v) is 8.91. The number of thiazole rings is 1. The van der Waals surface area contributed by atoms with Gasteiger partial charge in [-0.3, -0.25) is 9.69 Å². The highest BCUT2D eigenvalue weighted by Gasteiger charge is 2.46.